The molecule has 0 aromatic carbocycles. The summed E-state index contributed by atoms with van der Waals surface area (Å²) in [6, 6.07) is 0. The summed E-state index contributed by atoms with van der Waals surface area (Å²) in [5.41, 5.74) is 4.07. The van der Waals surface area contributed by atoms with Crippen LogP contribution in [0.4, 0.5) is 0 Å². The Morgan fingerprint density at radius 2 is 1.69 bits per heavy atom. The molecule has 0 saturated heterocycles. The Balaban J connectivity index is 1.57. The van der Waals surface area contributed by atoms with Crippen LogP contribution in [0.2, 0.25) is 0 Å². The first kappa shape index (κ1) is 21.4. The molecular formula is C28H44O. The van der Waals surface area contributed by atoms with Gasteiger partial charge >= 0.3 is 0 Å². The second-order valence-electron chi connectivity index (χ2n) is 11.9. The summed E-state index contributed by atoms with van der Waals surface area (Å²) in [6.45, 7) is 14.6. The van der Waals surface area contributed by atoms with Gasteiger partial charge < -0.3 is 5.11 Å². The van der Waals surface area contributed by atoms with Gasteiger partial charge in [0, 0.05) is 0 Å². The molecule has 162 valence electrons. The fourth-order valence-electron chi connectivity index (χ4n) is 7.59. The van der Waals surface area contributed by atoms with Gasteiger partial charge in [-0.15, -0.1) is 0 Å². The van der Waals surface area contributed by atoms with Gasteiger partial charge in [0.25, 0.3) is 0 Å². The number of hydrogen-bond donors (Lipinski definition) is 1. The normalized spacial score (nSPS) is 44.0. The molecular weight excluding hydrogens is 352 g/mol. The third kappa shape index (κ3) is 3.50. The highest BCUT2D eigenvalue weighted by molar-refractivity contribution is 5.39. The first-order chi connectivity index (χ1) is 13.7. The standard InChI is InChI=1S/C28H44O/c1-18(2)19(3)7-8-20(4)24-11-12-25-23-10-9-21-17-22(29)13-15-27(21,5)26(23)14-16-28(24,25)6/h7-10,18-20,22,24-26,29H,11-17H2,1-6H3/b8-7+/t19-,20?,22-,24?,25?,26?,27-,28+/m0/s1. The van der Waals surface area contributed by atoms with Crippen LogP contribution in [-0.2, 0) is 0 Å². The number of allylic oxidation sites excluding steroid dienone is 5. The fraction of sp³-hybridized carbons (Fsp3) is 0.786. The molecule has 0 aromatic heterocycles. The van der Waals surface area contributed by atoms with Crippen LogP contribution in [0.25, 0.3) is 0 Å². The Kier molecular flexibility index (Phi) is 5.69. The SMILES string of the molecule is CC(/C=C/[C@H](C)C(C)C)C1CCC2C3=CC=C4C[C@@H](O)CC[C@]4(C)C3CC[C@@]21C. The highest BCUT2D eigenvalue weighted by Gasteiger charge is 2.56. The highest BCUT2D eigenvalue weighted by Crippen LogP contribution is 2.65. The first-order valence-electron chi connectivity index (χ1n) is 12.4. The van der Waals surface area contributed by atoms with Crippen LogP contribution >= 0.6 is 0 Å². The molecule has 4 aliphatic carbocycles. The molecule has 0 aliphatic heterocycles. The number of hydrogen-bond acceptors (Lipinski definition) is 1. The largest absolute Gasteiger partial charge is 0.393 e. The molecule has 3 saturated carbocycles. The van der Waals surface area contributed by atoms with Gasteiger partial charge in [-0.05, 0) is 91.3 Å². The van der Waals surface area contributed by atoms with Gasteiger partial charge in [-0.25, -0.2) is 0 Å². The molecule has 1 heteroatoms. The summed E-state index contributed by atoms with van der Waals surface area (Å²) < 4.78 is 0. The number of aliphatic hydroxyl groups excluding tert-OH is 1. The minimum atomic E-state index is -0.116. The maximum atomic E-state index is 10.2. The van der Waals surface area contributed by atoms with E-state index in [1.165, 1.54) is 37.7 Å². The molecule has 8 atom stereocenters. The van der Waals surface area contributed by atoms with Crippen LogP contribution in [0.5, 0.6) is 0 Å². The number of fused-ring (bicyclic) bond motifs is 5. The van der Waals surface area contributed by atoms with E-state index in [9.17, 15) is 5.11 Å². The summed E-state index contributed by atoms with van der Waals surface area (Å²) >= 11 is 0. The van der Waals surface area contributed by atoms with Gasteiger partial charge in [-0.3, -0.25) is 0 Å². The lowest BCUT2D eigenvalue weighted by molar-refractivity contribution is 0.0382. The van der Waals surface area contributed by atoms with Crippen molar-refractivity contribution in [3.8, 4) is 0 Å². The molecule has 0 spiro atoms. The molecule has 3 fully saturated rings. The Hall–Kier alpha value is -0.820. The molecule has 4 rings (SSSR count). The van der Waals surface area contributed by atoms with Crippen molar-refractivity contribution in [1.29, 1.82) is 0 Å². The molecule has 4 aliphatic rings. The maximum Gasteiger partial charge on any atom is 0.0578 e. The zero-order valence-electron chi connectivity index (χ0n) is 19.7. The van der Waals surface area contributed by atoms with Gasteiger partial charge in [-0.2, -0.15) is 0 Å². The predicted molar refractivity (Wildman–Crippen MR) is 123 cm³/mol. The molecule has 0 aromatic rings. The van der Waals surface area contributed by atoms with Crippen molar-refractivity contribution in [1.82, 2.24) is 0 Å². The number of aliphatic hydroxyl groups is 1. The second-order valence-corrected chi connectivity index (χ2v) is 11.9. The molecule has 4 unspecified atom stereocenters. The maximum absolute atomic E-state index is 10.2. The predicted octanol–water partition coefficient (Wildman–Crippen LogP) is 7.33. The van der Waals surface area contributed by atoms with E-state index in [1.54, 1.807) is 5.57 Å². The van der Waals surface area contributed by atoms with Gasteiger partial charge in [0.2, 0.25) is 0 Å². The van der Waals surface area contributed by atoms with E-state index in [4.69, 9.17) is 0 Å². The van der Waals surface area contributed by atoms with Crippen LogP contribution in [0.15, 0.2) is 35.5 Å². The average Bonchev–Trinajstić information content (AvgIpc) is 3.03. The van der Waals surface area contributed by atoms with Gasteiger partial charge in [0.1, 0.15) is 0 Å². The lowest BCUT2D eigenvalue weighted by Gasteiger charge is -2.55. The molecule has 0 heterocycles. The molecule has 29 heavy (non-hydrogen) atoms. The molecule has 0 amide bonds. The summed E-state index contributed by atoms with van der Waals surface area (Å²) in [4.78, 5) is 0. The monoisotopic (exact) mass is 396 g/mol. The Bertz CT molecular complexity index is 712. The van der Waals surface area contributed by atoms with Crippen molar-refractivity contribution >= 4 is 0 Å². The summed E-state index contributed by atoms with van der Waals surface area (Å²) in [7, 11) is 0. The van der Waals surface area contributed by atoms with Crippen molar-refractivity contribution < 1.29 is 5.11 Å². The van der Waals surface area contributed by atoms with E-state index < -0.39 is 0 Å². The van der Waals surface area contributed by atoms with E-state index in [-0.39, 0.29) is 6.10 Å². The van der Waals surface area contributed by atoms with Gasteiger partial charge in [0.05, 0.1) is 6.10 Å². The zero-order valence-corrected chi connectivity index (χ0v) is 19.7. The topological polar surface area (TPSA) is 20.2 Å². The van der Waals surface area contributed by atoms with Crippen LogP contribution in [0.3, 0.4) is 0 Å². The minimum Gasteiger partial charge on any atom is -0.393 e. The smallest absolute Gasteiger partial charge is 0.0578 e. The van der Waals surface area contributed by atoms with Gasteiger partial charge in [-0.1, -0.05) is 77.0 Å². The van der Waals surface area contributed by atoms with Crippen LogP contribution in [-0.4, -0.2) is 11.2 Å². The Labute approximate surface area is 179 Å². The first-order valence-corrected chi connectivity index (χ1v) is 12.4. The summed E-state index contributed by atoms with van der Waals surface area (Å²) in [6.07, 6.45) is 18.4. The van der Waals surface area contributed by atoms with Crippen molar-refractivity contribution in [3.63, 3.8) is 0 Å². The summed E-state index contributed by atoms with van der Waals surface area (Å²) in [5, 5.41) is 10.2. The zero-order chi connectivity index (χ0) is 21.0. The molecule has 1 N–H and O–H groups in total. The molecule has 1 nitrogen and oxygen atoms in total. The number of rotatable bonds is 4. The van der Waals surface area contributed by atoms with Crippen LogP contribution in [0, 0.1) is 46.3 Å². The molecule has 0 radical (unpaired) electrons. The van der Waals surface area contributed by atoms with E-state index in [1.807, 2.05) is 0 Å². The van der Waals surface area contributed by atoms with Crippen molar-refractivity contribution in [2.45, 2.75) is 92.6 Å². The van der Waals surface area contributed by atoms with Gasteiger partial charge in [0.15, 0.2) is 0 Å². The highest BCUT2D eigenvalue weighted by atomic mass is 16.3. The third-order valence-electron chi connectivity index (χ3n) is 10.0. The second kappa shape index (κ2) is 7.70. The lowest BCUT2D eigenvalue weighted by Crippen LogP contribution is -2.46. The Morgan fingerprint density at radius 1 is 0.931 bits per heavy atom. The van der Waals surface area contributed by atoms with Crippen LogP contribution in [0.1, 0.15) is 86.5 Å². The Morgan fingerprint density at radius 3 is 2.41 bits per heavy atom. The van der Waals surface area contributed by atoms with E-state index in [0.29, 0.717) is 22.7 Å². The van der Waals surface area contributed by atoms with Crippen molar-refractivity contribution in [2.75, 3.05) is 0 Å². The average molecular weight is 397 g/mol. The van der Waals surface area contributed by atoms with Crippen molar-refractivity contribution in [2.24, 2.45) is 46.3 Å². The summed E-state index contributed by atoms with van der Waals surface area (Å²) in [5.74, 6) is 4.38. The van der Waals surface area contributed by atoms with E-state index >= 15 is 0 Å². The fourth-order valence-corrected chi connectivity index (χ4v) is 7.59. The quantitative estimate of drug-likeness (QED) is 0.493. The van der Waals surface area contributed by atoms with Crippen LogP contribution < -0.4 is 0 Å². The molecule has 0 bridgehead atoms. The lowest BCUT2D eigenvalue weighted by atomic mass is 9.50. The van der Waals surface area contributed by atoms with E-state index in [2.05, 4.69) is 65.8 Å². The van der Waals surface area contributed by atoms with Crippen molar-refractivity contribution in [3.05, 3.63) is 35.5 Å². The van der Waals surface area contributed by atoms with E-state index in [0.717, 1.165) is 36.5 Å². The third-order valence-corrected chi connectivity index (χ3v) is 10.0. The minimum absolute atomic E-state index is 0.116.